The van der Waals surface area contributed by atoms with Crippen molar-refractivity contribution in [3.63, 3.8) is 0 Å². The Morgan fingerprint density at radius 1 is 0.978 bits per heavy atom. The lowest BCUT2D eigenvalue weighted by atomic mass is 10.1. The van der Waals surface area contributed by atoms with Gasteiger partial charge in [-0.3, -0.25) is 4.79 Å². The first-order valence-corrected chi connectivity index (χ1v) is 17.6. The number of para-hydroxylation sites is 1. The third-order valence-electron chi connectivity index (χ3n) is 8.19. The van der Waals surface area contributed by atoms with Crippen LogP contribution in [0.3, 0.4) is 0 Å². The summed E-state index contributed by atoms with van der Waals surface area (Å²) in [5.41, 5.74) is 2.30. The molecule has 2 amide bonds. The van der Waals surface area contributed by atoms with Gasteiger partial charge in [-0.2, -0.15) is 4.31 Å². The van der Waals surface area contributed by atoms with Crippen LogP contribution < -0.4 is 4.74 Å². The second-order valence-electron chi connectivity index (χ2n) is 12.8. The molecule has 0 N–H and O–H groups in total. The minimum absolute atomic E-state index is 0.0473. The van der Waals surface area contributed by atoms with Crippen LogP contribution in [-0.2, 0) is 26.2 Å². The van der Waals surface area contributed by atoms with Crippen molar-refractivity contribution in [2.45, 2.75) is 77.0 Å². The molecule has 0 bridgehead atoms. The molecule has 2 aliphatic rings. The van der Waals surface area contributed by atoms with Crippen molar-refractivity contribution in [2.24, 2.45) is 0 Å². The lowest BCUT2D eigenvalue weighted by molar-refractivity contribution is -0.134. The van der Waals surface area contributed by atoms with Gasteiger partial charge in [0.25, 0.3) is 0 Å². The zero-order chi connectivity index (χ0) is 33.4. The van der Waals surface area contributed by atoms with Gasteiger partial charge in [0, 0.05) is 54.4 Å². The van der Waals surface area contributed by atoms with Crippen LogP contribution in [0.15, 0.2) is 41.3 Å². The largest absolute Gasteiger partial charge is 0.487 e. The number of sulfonamides is 1. The van der Waals surface area contributed by atoms with Crippen molar-refractivity contribution >= 4 is 56.1 Å². The molecular formula is C33H40Cl2N4O6S. The summed E-state index contributed by atoms with van der Waals surface area (Å²) < 4.78 is 41.1. The van der Waals surface area contributed by atoms with Crippen molar-refractivity contribution in [1.82, 2.24) is 19.1 Å². The van der Waals surface area contributed by atoms with Gasteiger partial charge in [0.2, 0.25) is 15.9 Å². The van der Waals surface area contributed by atoms with Crippen molar-refractivity contribution < 1.29 is 27.5 Å². The highest BCUT2D eigenvalue weighted by atomic mass is 35.5. The van der Waals surface area contributed by atoms with Gasteiger partial charge in [-0.1, -0.05) is 35.3 Å². The van der Waals surface area contributed by atoms with Gasteiger partial charge < -0.3 is 19.3 Å². The lowest BCUT2D eigenvalue weighted by Crippen LogP contribution is -2.49. The molecule has 10 nitrogen and oxygen atoms in total. The number of benzene rings is 2. The number of ether oxygens (including phenoxy) is 2. The minimum Gasteiger partial charge on any atom is -0.487 e. The van der Waals surface area contributed by atoms with Crippen LogP contribution >= 0.6 is 23.2 Å². The van der Waals surface area contributed by atoms with E-state index in [1.165, 1.54) is 16.4 Å². The summed E-state index contributed by atoms with van der Waals surface area (Å²) in [5, 5.41) is 1.16. The fourth-order valence-electron chi connectivity index (χ4n) is 5.99. The number of rotatable bonds is 6. The highest BCUT2D eigenvalue weighted by Crippen LogP contribution is 2.37. The van der Waals surface area contributed by atoms with Crippen LogP contribution in [0.5, 0.6) is 5.75 Å². The average Bonchev–Trinajstić information content (AvgIpc) is 3.35. The summed E-state index contributed by atoms with van der Waals surface area (Å²) in [5.74, 6) is 0.243. The molecule has 1 atom stereocenters. The number of carbonyl (C=O) groups is 2. The van der Waals surface area contributed by atoms with Crippen molar-refractivity contribution in [1.29, 1.82) is 0 Å². The molecule has 0 aliphatic carbocycles. The van der Waals surface area contributed by atoms with Crippen molar-refractivity contribution in [2.75, 3.05) is 32.7 Å². The molecule has 0 saturated carbocycles. The van der Waals surface area contributed by atoms with E-state index in [2.05, 4.69) is 4.98 Å². The SMILES string of the molecule is Cc1cc(C)c2cccc(OCc3c(Cl)ccc(S(=O)(=O)N4CCC[C@H]4C(=O)N4CCCN(C(=O)OC(C)(C)C)CC4)c3Cl)c2n1. The monoisotopic (exact) mass is 690 g/mol. The molecule has 2 aliphatic heterocycles. The smallest absolute Gasteiger partial charge is 0.410 e. The van der Waals surface area contributed by atoms with E-state index in [0.717, 1.165) is 16.6 Å². The Kier molecular flexibility index (Phi) is 10.1. The third-order valence-corrected chi connectivity index (χ3v) is 11.0. The molecule has 46 heavy (non-hydrogen) atoms. The third kappa shape index (κ3) is 7.22. The van der Waals surface area contributed by atoms with Gasteiger partial charge in [0.05, 0.1) is 5.02 Å². The van der Waals surface area contributed by atoms with E-state index >= 15 is 0 Å². The van der Waals surface area contributed by atoms with Crippen LogP contribution in [0.2, 0.25) is 10.0 Å². The highest BCUT2D eigenvalue weighted by molar-refractivity contribution is 7.89. The van der Waals surface area contributed by atoms with E-state index in [-0.39, 0.29) is 40.5 Å². The molecule has 2 saturated heterocycles. The van der Waals surface area contributed by atoms with Gasteiger partial charge in [-0.05, 0) is 83.7 Å². The normalized spacial score (nSPS) is 18.1. The molecule has 1 aromatic heterocycles. The van der Waals surface area contributed by atoms with Crippen LogP contribution in [0.1, 0.15) is 56.9 Å². The lowest BCUT2D eigenvalue weighted by Gasteiger charge is -2.30. The number of aryl methyl sites for hydroxylation is 2. The summed E-state index contributed by atoms with van der Waals surface area (Å²) >= 11 is 13.3. The molecule has 2 aromatic carbocycles. The quantitative estimate of drug-likeness (QED) is 0.296. The number of nitrogens with zero attached hydrogens (tertiary/aromatic N) is 4. The molecule has 5 rings (SSSR count). The van der Waals surface area contributed by atoms with Crippen molar-refractivity contribution in [3.8, 4) is 5.75 Å². The van der Waals surface area contributed by atoms with Crippen LogP contribution in [-0.4, -0.2) is 83.9 Å². The van der Waals surface area contributed by atoms with E-state index in [1.807, 2.05) is 32.0 Å². The number of hydrogen-bond donors (Lipinski definition) is 0. The van der Waals surface area contributed by atoms with Gasteiger partial charge in [-0.25, -0.2) is 18.2 Å². The molecule has 0 radical (unpaired) electrons. The summed E-state index contributed by atoms with van der Waals surface area (Å²) in [6, 6.07) is 9.62. The predicted molar refractivity (Wildman–Crippen MR) is 178 cm³/mol. The second-order valence-corrected chi connectivity index (χ2v) is 15.4. The average molecular weight is 692 g/mol. The van der Waals surface area contributed by atoms with Gasteiger partial charge in [0.1, 0.15) is 34.4 Å². The maximum atomic E-state index is 14.1. The van der Waals surface area contributed by atoms with E-state index in [4.69, 9.17) is 32.7 Å². The maximum absolute atomic E-state index is 14.1. The molecule has 0 unspecified atom stereocenters. The zero-order valence-corrected chi connectivity index (χ0v) is 29.1. The summed E-state index contributed by atoms with van der Waals surface area (Å²) in [6.45, 7) is 10.9. The number of halogens is 2. The molecule has 13 heteroatoms. The van der Waals surface area contributed by atoms with E-state index < -0.39 is 27.8 Å². The standard InChI is InChI=1S/C33H40Cl2N4O6S/c1-21-19-22(2)36-30-23(21)9-6-11-27(30)44-20-24-25(34)12-13-28(29(24)35)46(42,43)39-16-7-10-26(39)31(40)37-14-8-15-38(18-17-37)32(41)45-33(3,4)5/h6,9,11-13,19,26H,7-8,10,14-18,20H2,1-5H3/t26-/m0/s1. The number of carbonyl (C=O) groups excluding carboxylic acids is 2. The number of hydrogen-bond acceptors (Lipinski definition) is 7. The molecule has 3 aromatic rings. The Hall–Kier alpha value is -3.12. The zero-order valence-electron chi connectivity index (χ0n) is 26.8. The molecule has 248 valence electrons. The number of fused-ring (bicyclic) bond motifs is 1. The van der Waals surface area contributed by atoms with Gasteiger partial charge >= 0.3 is 6.09 Å². The minimum atomic E-state index is -4.18. The number of amides is 2. The van der Waals surface area contributed by atoms with E-state index in [0.29, 0.717) is 55.7 Å². The fraction of sp³-hybridized carbons (Fsp3) is 0.485. The van der Waals surface area contributed by atoms with Gasteiger partial charge in [-0.15, -0.1) is 0 Å². The Bertz CT molecular complexity index is 1760. The molecule has 3 heterocycles. The molecule has 2 fully saturated rings. The molecule has 0 spiro atoms. The van der Waals surface area contributed by atoms with E-state index in [1.54, 1.807) is 36.6 Å². The molecular weight excluding hydrogens is 651 g/mol. The Labute approximate surface area is 280 Å². The van der Waals surface area contributed by atoms with E-state index in [9.17, 15) is 18.0 Å². The first-order chi connectivity index (χ1) is 21.7. The van der Waals surface area contributed by atoms with Crippen LogP contribution in [0.25, 0.3) is 10.9 Å². The highest BCUT2D eigenvalue weighted by Gasteiger charge is 2.42. The maximum Gasteiger partial charge on any atom is 0.410 e. The predicted octanol–water partition coefficient (Wildman–Crippen LogP) is 6.36. The topological polar surface area (TPSA) is 109 Å². The summed E-state index contributed by atoms with van der Waals surface area (Å²) in [7, 11) is -4.18. The van der Waals surface area contributed by atoms with Crippen molar-refractivity contribution in [3.05, 3.63) is 63.3 Å². The second kappa shape index (κ2) is 13.5. The Balaban J connectivity index is 1.34. The van der Waals surface area contributed by atoms with Crippen LogP contribution in [0, 0.1) is 13.8 Å². The Morgan fingerprint density at radius 3 is 2.43 bits per heavy atom. The summed E-state index contributed by atoms with van der Waals surface area (Å²) in [4.78, 5) is 34.1. The fourth-order valence-corrected chi connectivity index (χ4v) is 8.50. The van der Waals surface area contributed by atoms with Crippen LogP contribution in [0.4, 0.5) is 4.79 Å². The Morgan fingerprint density at radius 2 is 1.70 bits per heavy atom. The number of aromatic nitrogens is 1. The summed E-state index contributed by atoms with van der Waals surface area (Å²) in [6.07, 6.45) is 1.05. The first kappa shape index (κ1) is 34.2. The van der Waals surface area contributed by atoms with Gasteiger partial charge in [0.15, 0.2) is 0 Å². The number of pyridine rings is 1. The first-order valence-electron chi connectivity index (χ1n) is 15.4.